The average molecular weight is 255 g/mol. The lowest BCUT2D eigenvalue weighted by molar-refractivity contribution is 0.0274. The second-order valence-corrected chi connectivity index (χ2v) is 6.03. The molecule has 0 aromatic rings. The van der Waals surface area contributed by atoms with Gasteiger partial charge in [-0.15, -0.1) is 0 Å². The van der Waals surface area contributed by atoms with Crippen LogP contribution in [0, 0.1) is 0 Å². The van der Waals surface area contributed by atoms with Crippen LogP contribution in [0.4, 0.5) is 0 Å². The van der Waals surface area contributed by atoms with Crippen molar-refractivity contribution in [3.63, 3.8) is 0 Å². The Kier molecular flexibility index (Phi) is 6.61. The van der Waals surface area contributed by atoms with E-state index in [-0.39, 0.29) is 0 Å². The van der Waals surface area contributed by atoms with Crippen molar-refractivity contribution in [3.8, 4) is 0 Å². The first-order chi connectivity index (χ1) is 8.51. The lowest BCUT2D eigenvalue weighted by Crippen LogP contribution is -2.60. The van der Waals surface area contributed by atoms with Gasteiger partial charge < -0.3 is 5.32 Å². The fourth-order valence-electron chi connectivity index (χ4n) is 3.02. The molecule has 4 unspecified atom stereocenters. The Morgan fingerprint density at radius 1 is 1.17 bits per heavy atom. The van der Waals surface area contributed by atoms with Crippen molar-refractivity contribution in [1.82, 2.24) is 15.1 Å². The third kappa shape index (κ3) is 3.94. The molecule has 18 heavy (non-hydrogen) atoms. The highest BCUT2D eigenvalue weighted by molar-refractivity contribution is 4.89. The van der Waals surface area contributed by atoms with Crippen LogP contribution in [0.1, 0.15) is 47.5 Å². The first-order valence-corrected chi connectivity index (χ1v) is 7.70. The Morgan fingerprint density at radius 2 is 1.72 bits per heavy atom. The van der Waals surface area contributed by atoms with Crippen molar-refractivity contribution < 1.29 is 0 Å². The van der Waals surface area contributed by atoms with E-state index in [1.165, 1.54) is 25.9 Å². The summed E-state index contributed by atoms with van der Waals surface area (Å²) in [6, 6.07) is 2.60. The largest absolute Gasteiger partial charge is 0.312 e. The quantitative estimate of drug-likeness (QED) is 0.785. The second kappa shape index (κ2) is 7.46. The van der Waals surface area contributed by atoms with Crippen LogP contribution in [0.3, 0.4) is 0 Å². The molecule has 4 atom stereocenters. The number of nitrogens with one attached hydrogen (secondary N) is 1. The van der Waals surface area contributed by atoms with E-state index >= 15 is 0 Å². The molecule has 0 saturated carbocycles. The summed E-state index contributed by atoms with van der Waals surface area (Å²) in [5.41, 5.74) is 0. The molecule has 0 aromatic carbocycles. The Balaban J connectivity index is 2.56. The van der Waals surface area contributed by atoms with Crippen LogP contribution in [0.2, 0.25) is 0 Å². The first-order valence-electron chi connectivity index (χ1n) is 7.70. The van der Waals surface area contributed by atoms with Gasteiger partial charge in [0.2, 0.25) is 0 Å². The summed E-state index contributed by atoms with van der Waals surface area (Å²) in [5, 5.41) is 3.70. The van der Waals surface area contributed by atoms with Gasteiger partial charge in [-0.1, -0.05) is 13.8 Å². The molecule has 108 valence electrons. The van der Waals surface area contributed by atoms with Crippen LogP contribution in [0.15, 0.2) is 0 Å². The topological polar surface area (TPSA) is 18.5 Å². The normalized spacial score (nSPS) is 30.3. The van der Waals surface area contributed by atoms with Crippen LogP contribution in [-0.4, -0.2) is 60.6 Å². The van der Waals surface area contributed by atoms with Crippen LogP contribution in [-0.2, 0) is 0 Å². The zero-order chi connectivity index (χ0) is 13.7. The van der Waals surface area contributed by atoms with Crippen molar-refractivity contribution in [2.45, 2.75) is 71.6 Å². The molecule has 0 aromatic heterocycles. The Bertz CT molecular complexity index is 220. The van der Waals surface area contributed by atoms with Gasteiger partial charge in [0, 0.05) is 37.3 Å². The predicted octanol–water partition coefficient (Wildman–Crippen LogP) is 2.18. The van der Waals surface area contributed by atoms with E-state index in [9.17, 15) is 0 Å². The molecular formula is C15H33N3. The third-order valence-electron chi connectivity index (χ3n) is 4.64. The molecule has 0 aliphatic carbocycles. The van der Waals surface area contributed by atoms with Crippen molar-refractivity contribution in [2.24, 2.45) is 0 Å². The minimum atomic E-state index is 0.632. The van der Waals surface area contributed by atoms with E-state index in [4.69, 9.17) is 0 Å². The monoisotopic (exact) mass is 255 g/mol. The molecule has 0 spiro atoms. The summed E-state index contributed by atoms with van der Waals surface area (Å²) in [4.78, 5) is 5.18. The zero-order valence-corrected chi connectivity index (χ0v) is 13.2. The summed E-state index contributed by atoms with van der Waals surface area (Å²) in [5.74, 6) is 0. The van der Waals surface area contributed by atoms with Crippen molar-refractivity contribution in [3.05, 3.63) is 0 Å². The second-order valence-electron chi connectivity index (χ2n) is 6.03. The van der Waals surface area contributed by atoms with Crippen LogP contribution >= 0.6 is 0 Å². The highest BCUT2D eigenvalue weighted by Crippen LogP contribution is 2.18. The Morgan fingerprint density at radius 3 is 2.17 bits per heavy atom. The van der Waals surface area contributed by atoms with E-state index in [0.29, 0.717) is 24.2 Å². The molecule has 1 aliphatic rings. The maximum Gasteiger partial charge on any atom is 0.0222 e. The Hall–Kier alpha value is -0.120. The number of nitrogens with zero attached hydrogens (tertiary/aromatic N) is 2. The number of rotatable bonds is 6. The maximum absolute atomic E-state index is 3.70. The van der Waals surface area contributed by atoms with Crippen LogP contribution in [0.5, 0.6) is 0 Å². The average Bonchev–Trinajstić information content (AvgIpc) is 2.36. The summed E-state index contributed by atoms with van der Waals surface area (Å²) >= 11 is 0. The minimum Gasteiger partial charge on any atom is -0.312 e. The molecule has 1 fully saturated rings. The van der Waals surface area contributed by atoms with Gasteiger partial charge in [-0.3, -0.25) is 9.80 Å². The number of hydrogen-bond acceptors (Lipinski definition) is 3. The smallest absolute Gasteiger partial charge is 0.0222 e. The molecule has 3 heteroatoms. The minimum absolute atomic E-state index is 0.632. The number of piperazine rings is 1. The lowest BCUT2D eigenvalue weighted by atomic mass is 10.0. The summed E-state index contributed by atoms with van der Waals surface area (Å²) in [7, 11) is 2.25. The standard InChI is InChI=1S/C15H33N3/c1-7-9-16-15(8-2)14(5)18-10-12(3)17(6)13(4)11-18/h12-16H,7-11H2,1-6H3. The SMILES string of the molecule is CCCNC(CC)C(C)N1CC(C)N(C)C(C)C1. The molecule has 1 aliphatic heterocycles. The maximum atomic E-state index is 3.70. The molecular weight excluding hydrogens is 222 g/mol. The van der Waals surface area contributed by atoms with Crippen molar-refractivity contribution in [2.75, 3.05) is 26.7 Å². The summed E-state index contributed by atoms with van der Waals surface area (Å²) in [6.45, 7) is 15.2. The number of likely N-dealkylation sites (N-methyl/N-ethyl adjacent to an activating group) is 1. The first kappa shape index (κ1) is 15.9. The van der Waals surface area contributed by atoms with Crippen molar-refractivity contribution in [1.29, 1.82) is 0 Å². The molecule has 1 N–H and O–H groups in total. The van der Waals surface area contributed by atoms with Crippen LogP contribution < -0.4 is 5.32 Å². The fraction of sp³-hybridized carbons (Fsp3) is 1.00. The molecule has 0 bridgehead atoms. The molecule has 1 heterocycles. The van der Waals surface area contributed by atoms with Gasteiger partial charge in [-0.2, -0.15) is 0 Å². The van der Waals surface area contributed by atoms with E-state index in [1.54, 1.807) is 0 Å². The molecule has 3 nitrogen and oxygen atoms in total. The molecule has 0 amide bonds. The van der Waals surface area contributed by atoms with Crippen molar-refractivity contribution >= 4 is 0 Å². The van der Waals surface area contributed by atoms with Gasteiger partial charge in [0.05, 0.1) is 0 Å². The van der Waals surface area contributed by atoms with E-state index in [1.807, 2.05) is 0 Å². The third-order valence-corrected chi connectivity index (χ3v) is 4.64. The van der Waals surface area contributed by atoms with Gasteiger partial charge in [0.25, 0.3) is 0 Å². The fourth-order valence-corrected chi connectivity index (χ4v) is 3.02. The summed E-state index contributed by atoms with van der Waals surface area (Å²) in [6.07, 6.45) is 2.44. The molecule has 0 radical (unpaired) electrons. The Labute approximate surface area is 114 Å². The van der Waals surface area contributed by atoms with Gasteiger partial charge in [0.15, 0.2) is 0 Å². The molecule has 1 rings (SSSR count). The lowest BCUT2D eigenvalue weighted by Gasteiger charge is -2.46. The highest BCUT2D eigenvalue weighted by atomic mass is 15.3. The highest BCUT2D eigenvalue weighted by Gasteiger charge is 2.31. The van der Waals surface area contributed by atoms with E-state index < -0.39 is 0 Å². The van der Waals surface area contributed by atoms with Gasteiger partial charge in [-0.25, -0.2) is 0 Å². The zero-order valence-electron chi connectivity index (χ0n) is 13.2. The number of hydrogen-bond donors (Lipinski definition) is 1. The van der Waals surface area contributed by atoms with Gasteiger partial charge in [0.1, 0.15) is 0 Å². The van der Waals surface area contributed by atoms with Gasteiger partial charge in [-0.05, 0) is 47.2 Å². The van der Waals surface area contributed by atoms with E-state index in [0.717, 1.165) is 6.54 Å². The predicted molar refractivity (Wildman–Crippen MR) is 80.1 cm³/mol. The van der Waals surface area contributed by atoms with Crippen LogP contribution in [0.25, 0.3) is 0 Å². The molecule has 1 saturated heterocycles. The van der Waals surface area contributed by atoms with Gasteiger partial charge >= 0.3 is 0 Å². The van der Waals surface area contributed by atoms with E-state index in [2.05, 4.69) is 56.8 Å². The summed E-state index contributed by atoms with van der Waals surface area (Å²) < 4.78 is 0.